The molecule has 0 saturated carbocycles. The summed E-state index contributed by atoms with van der Waals surface area (Å²) in [4.78, 5) is 14.8. The van der Waals surface area contributed by atoms with Gasteiger partial charge in [-0.25, -0.2) is 0 Å². The molecule has 1 N–H and O–H groups in total. The first kappa shape index (κ1) is 17.3. The zero-order chi connectivity index (χ0) is 17.3. The van der Waals surface area contributed by atoms with Crippen LogP contribution < -0.4 is 5.32 Å². The molecule has 2 aromatic rings. The van der Waals surface area contributed by atoms with Crippen LogP contribution in [0.15, 0.2) is 36.4 Å². The molecule has 3 nitrogen and oxygen atoms in total. The summed E-state index contributed by atoms with van der Waals surface area (Å²) in [5, 5.41) is 4.34. The van der Waals surface area contributed by atoms with E-state index in [-0.39, 0.29) is 11.9 Å². The van der Waals surface area contributed by atoms with Crippen LogP contribution in [0.2, 0.25) is 10.0 Å². The summed E-state index contributed by atoms with van der Waals surface area (Å²) < 4.78 is 0. The lowest BCUT2D eigenvalue weighted by molar-refractivity contribution is 0.0690. The molecular formula is C19H20Cl2N2O. The van der Waals surface area contributed by atoms with Crippen LogP contribution >= 0.6 is 23.2 Å². The van der Waals surface area contributed by atoms with E-state index in [9.17, 15) is 4.79 Å². The van der Waals surface area contributed by atoms with Crippen LogP contribution in [0, 0.1) is 0 Å². The van der Waals surface area contributed by atoms with Crippen molar-refractivity contribution in [3.63, 3.8) is 0 Å². The minimum absolute atomic E-state index is 0.0331. The van der Waals surface area contributed by atoms with E-state index in [0.717, 1.165) is 24.2 Å². The maximum Gasteiger partial charge on any atom is 0.254 e. The number of nitrogens with zero attached hydrogens (tertiary/aromatic N) is 1. The Bertz CT molecular complexity index is 774. The van der Waals surface area contributed by atoms with Crippen molar-refractivity contribution in [3.8, 4) is 0 Å². The third-order valence-corrected chi connectivity index (χ3v) is 5.04. The van der Waals surface area contributed by atoms with Gasteiger partial charge in [0.2, 0.25) is 0 Å². The second-order valence-corrected chi connectivity index (χ2v) is 7.18. The third-order valence-electron chi connectivity index (χ3n) is 4.31. The molecule has 0 aromatic heterocycles. The molecule has 0 unspecified atom stereocenters. The first-order chi connectivity index (χ1) is 11.5. The first-order valence-corrected chi connectivity index (χ1v) is 8.78. The molecule has 1 heterocycles. The molecule has 126 valence electrons. The summed E-state index contributed by atoms with van der Waals surface area (Å²) in [7, 11) is 0. The predicted octanol–water partition coefficient (Wildman–Crippen LogP) is 4.65. The molecule has 1 amide bonds. The predicted molar refractivity (Wildman–Crippen MR) is 98.5 cm³/mol. The second-order valence-electron chi connectivity index (χ2n) is 6.36. The van der Waals surface area contributed by atoms with Gasteiger partial charge >= 0.3 is 0 Å². The van der Waals surface area contributed by atoms with E-state index in [4.69, 9.17) is 23.2 Å². The monoisotopic (exact) mass is 362 g/mol. The molecule has 2 aromatic carbocycles. The van der Waals surface area contributed by atoms with E-state index < -0.39 is 0 Å². The number of halogens is 2. The highest BCUT2D eigenvalue weighted by Crippen LogP contribution is 2.25. The van der Waals surface area contributed by atoms with Crippen molar-refractivity contribution in [3.05, 3.63) is 68.7 Å². The maximum atomic E-state index is 13.0. The number of nitrogens with one attached hydrogen (secondary N) is 1. The quantitative estimate of drug-likeness (QED) is 0.858. The van der Waals surface area contributed by atoms with Gasteiger partial charge < -0.3 is 10.2 Å². The number of carbonyl (C=O) groups is 1. The molecule has 0 spiro atoms. The lowest BCUT2D eigenvalue weighted by Gasteiger charge is -2.27. The van der Waals surface area contributed by atoms with Crippen molar-refractivity contribution >= 4 is 29.1 Å². The minimum atomic E-state index is 0.0331. The number of carbonyl (C=O) groups excluding carboxylic acids is 1. The number of amides is 1. The van der Waals surface area contributed by atoms with Crippen LogP contribution in [0.1, 0.15) is 40.9 Å². The normalized spacial score (nSPS) is 13.2. The van der Waals surface area contributed by atoms with Crippen molar-refractivity contribution in [2.75, 3.05) is 0 Å². The van der Waals surface area contributed by atoms with E-state index in [1.807, 2.05) is 49.1 Å². The molecular weight excluding hydrogens is 343 g/mol. The second kappa shape index (κ2) is 7.14. The lowest BCUT2D eigenvalue weighted by Crippen LogP contribution is -2.36. The zero-order valence-corrected chi connectivity index (χ0v) is 15.3. The molecule has 0 radical (unpaired) electrons. The summed E-state index contributed by atoms with van der Waals surface area (Å²) in [6.45, 7) is 6.24. The van der Waals surface area contributed by atoms with Gasteiger partial charge in [0.25, 0.3) is 5.91 Å². The van der Waals surface area contributed by atoms with Crippen LogP contribution in [0.4, 0.5) is 0 Å². The Kier molecular flexibility index (Phi) is 5.14. The minimum Gasteiger partial charge on any atom is -0.332 e. The highest BCUT2D eigenvalue weighted by molar-refractivity contribution is 6.42. The fourth-order valence-corrected chi connectivity index (χ4v) is 3.24. The van der Waals surface area contributed by atoms with Crippen LogP contribution in [0.25, 0.3) is 0 Å². The number of rotatable bonds is 4. The zero-order valence-electron chi connectivity index (χ0n) is 13.8. The number of hydrogen-bond donors (Lipinski definition) is 1. The summed E-state index contributed by atoms with van der Waals surface area (Å²) in [5.74, 6) is 0.0331. The van der Waals surface area contributed by atoms with Crippen molar-refractivity contribution in [1.82, 2.24) is 10.2 Å². The van der Waals surface area contributed by atoms with E-state index in [1.165, 1.54) is 11.1 Å². The molecule has 1 aliphatic heterocycles. The first-order valence-electron chi connectivity index (χ1n) is 8.03. The van der Waals surface area contributed by atoms with Gasteiger partial charge in [-0.3, -0.25) is 4.79 Å². The highest BCUT2D eigenvalue weighted by Gasteiger charge is 2.21. The lowest BCUT2D eigenvalue weighted by atomic mass is 10.0. The van der Waals surface area contributed by atoms with Crippen LogP contribution in [-0.4, -0.2) is 16.8 Å². The largest absolute Gasteiger partial charge is 0.332 e. The van der Waals surface area contributed by atoms with Gasteiger partial charge in [-0.05, 0) is 54.8 Å². The molecule has 1 aliphatic rings. The Hall–Kier alpha value is -1.55. The third kappa shape index (κ3) is 3.59. The van der Waals surface area contributed by atoms with Gasteiger partial charge in [0.15, 0.2) is 0 Å². The number of benzene rings is 2. The van der Waals surface area contributed by atoms with Crippen molar-refractivity contribution < 1.29 is 4.79 Å². The van der Waals surface area contributed by atoms with Crippen LogP contribution in [0.5, 0.6) is 0 Å². The van der Waals surface area contributed by atoms with Gasteiger partial charge in [-0.2, -0.15) is 0 Å². The van der Waals surface area contributed by atoms with Gasteiger partial charge in [0.05, 0.1) is 10.0 Å². The summed E-state index contributed by atoms with van der Waals surface area (Å²) in [5.41, 5.74) is 4.17. The van der Waals surface area contributed by atoms with Crippen LogP contribution in [0.3, 0.4) is 0 Å². The SMILES string of the molecule is CC(C)N(Cc1ccc(Cl)c(Cl)c1)C(=O)c1ccc2c(c1)CNC2. The van der Waals surface area contributed by atoms with Gasteiger partial charge in [-0.1, -0.05) is 35.3 Å². The van der Waals surface area contributed by atoms with Crippen molar-refractivity contribution in [1.29, 1.82) is 0 Å². The molecule has 3 rings (SSSR count). The van der Waals surface area contributed by atoms with Crippen molar-refractivity contribution in [2.45, 2.75) is 39.5 Å². The van der Waals surface area contributed by atoms with E-state index in [2.05, 4.69) is 5.32 Å². The number of hydrogen-bond acceptors (Lipinski definition) is 2. The Balaban J connectivity index is 1.84. The smallest absolute Gasteiger partial charge is 0.254 e. The summed E-state index contributed by atoms with van der Waals surface area (Å²) >= 11 is 12.1. The highest BCUT2D eigenvalue weighted by atomic mass is 35.5. The van der Waals surface area contributed by atoms with E-state index in [1.54, 1.807) is 6.07 Å². The average molecular weight is 363 g/mol. The number of fused-ring (bicyclic) bond motifs is 1. The van der Waals surface area contributed by atoms with E-state index in [0.29, 0.717) is 16.6 Å². The topological polar surface area (TPSA) is 32.3 Å². The Morgan fingerprint density at radius 1 is 1.08 bits per heavy atom. The van der Waals surface area contributed by atoms with Gasteiger partial charge in [-0.15, -0.1) is 0 Å². The Labute approximate surface area is 152 Å². The molecule has 0 fully saturated rings. The molecule has 0 atom stereocenters. The average Bonchev–Trinajstić information content (AvgIpc) is 3.02. The molecule has 0 saturated heterocycles. The van der Waals surface area contributed by atoms with Gasteiger partial charge in [0.1, 0.15) is 0 Å². The molecule has 5 heteroatoms. The van der Waals surface area contributed by atoms with Crippen molar-refractivity contribution in [2.24, 2.45) is 0 Å². The fraction of sp³-hybridized carbons (Fsp3) is 0.316. The maximum absolute atomic E-state index is 13.0. The van der Waals surface area contributed by atoms with E-state index >= 15 is 0 Å². The Morgan fingerprint density at radius 2 is 1.83 bits per heavy atom. The van der Waals surface area contributed by atoms with Crippen LogP contribution in [-0.2, 0) is 19.6 Å². The van der Waals surface area contributed by atoms with Gasteiger partial charge in [0, 0.05) is 31.2 Å². The Morgan fingerprint density at radius 3 is 2.54 bits per heavy atom. The fourth-order valence-electron chi connectivity index (χ4n) is 2.92. The molecule has 0 bridgehead atoms. The summed E-state index contributed by atoms with van der Waals surface area (Å²) in [6.07, 6.45) is 0. The molecule has 24 heavy (non-hydrogen) atoms. The standard InChI is InChI=1S/C19H20Cl2N2O/c1-12(2)23(11-13-3-6-17(20)18(21)7-13)19(24)14-4-5-15-9-22-10-16(15)8-14/h3-8,12,22H,9-11H2,1-2H3. The summed E-state index contributed by atoms with van der Waals surface area (Å²) in [6, 6.07) is 11.5. The molecule has 0 aliphatic carbocycles.